The fourth-order valence-corrected chi connectivity index (χ4v) is 1.83. The topological polar surface area (TPSA) is 45.7 Å². The molecule has 0 atom stereocenters. The fourth-order valence-electron chi connectivity index (χ4n) is 1.25. The maximum atomic E-state index is 5.28. The van der Waals surface area contributed by atoms with E-state index in [4.69, 9.17) is 4.74 Å². The Morgan fingerprint density at radius 1 is 1.37 bits per heavy atom. The average molecular weight is 401 g/mol. The summed E-state index contributed by atoms with van der Waals surface area (Å²) < 4.78 is 5.28. The first-order valence-electron chi connectivity index (χ1n) is 6.63. The first-order chi connectivity index (χ1) is 8.85. The molecule has 2 N–H and O–H groups in total. The minimum absolute atomic E-state index is 0. The Labute approximate surface area is 139 Å². The van der Waals surface area contributed by atoms with Crippen molar-refractivity contribution < 1.29 is 4.74 Å². The molecule has 0 aromatic rings. The number of rotatable bonds is 11. The largest absolute Gasteiger partial charge is 0.382 e. The van der Waals surface area contributed by atoms with Gasteiger partial charge in [0.25, 0.3) is 0 Å². The van der Waals surface area contributed by atoms with Gasteiger partial charge in [0.1, 0.15) is 0 Å². The maximum absolute atomic E-state index is 5.28. The van der Waals surface area contributed by atoms with Gasteiger partial charge in [-0.3, -0.25) is 4.99 Å². The highest BCUT2D eigenvalue weighted by molar-refractivity contribution is 14.0. The second kappa shape index (κ2) is 18.0. The summed E-state index contributed by atoms with van der Waals surface area (Å²) in [6.07, 6.45) is 2.90. The predicted octanol–water partition coefficient (Wildman–Crippen LogP) is 2.51. The van der Waals surface area contributed by atoms with Crippen molar-refractivity contribution in [1.29, 1.82) is 0 Å². The zero-order valence-corrected chi connectivity index (χ0v) is 15.3. The molecule has 0 spiro atoms. The van der Waals surface area contributed by atoms with E-state index in [1.165, 1.54) is 0 Å². The minimum atomic E-state index is 0. The Morgan fingerprint density at radius 3 is 2.79 bits per heavy atom. The zero-order chi connectivity index (χ0) is 13.5. The smallest absolute Gasteiger partial charge is 0.191 e. The number of nitrogens with zero attached hydrogens (tertiary/aromatic N) is 1. The van der Waals surface area contributed by atoms with Gasteiger partial charge in [-0.25, -0.2) is 0 Å². The zero-order valence-electron chi connectivity index (χ0n) is 12.1. The van der Waals surface area contributed by atoms with Crippen molar-refractivity contribution in [3.63, 3.8) is 0 Å². The van der Waals surface area contributed by atoms with Crippen molar-refractivity contribution in [1.82, 2.24) is 10.6 Å². The van der Waals surface area contributed by atoms with Crippen molar-refractivity contribution in [3.05, 3.63) is 12.7 Å². The van der Waals surface area contributed by atoms with Gasteiger partial charge in [0.2, 0.25) is 0 Å². The Kier molecular flexibility index (Phi) is 20.3. The summed E-state index contributed by atoms with van der Waals surface area (Å²) >= 11 is 1.86. The molecule has 0 fully saturated rings. The molecule has 0 aliphatic carbocycles. The molecule has 4 nitrogen and oxygen atoms in total. The SMILES string of the molecule is C=CCSCCNC(=NCCCOCC)NCC.I. The van der Waals surface area contributed by atoms with Crippen LogP contribution < -0.4 is 10.6 Å². The van der Waals surface area contributed by atoms with Crippen LogP contribution in [0, 0.1) is 0 Å². The number of guanidine groups is 1. The van der Waals surface area contributed by atoms with Crippen LogP contribution in [-0.2, 0) is 4.74 Å². The number of halogens is 1. The normalized spacial score (nSPS) is 10.7. The Bertz CT molecular complexity index is 228. The van der Waals surface area contributed by atoms with E-state index in [0.29, 0.717) is 0 Å². The lowest BCUT2D eigenvalue weighted by Crippen LogP contribution is -2.38. The standard InChI is InChI=1S/C13H27N3OS.HI/c1-4-11-18-12-9-16-13(14-5-2)15-8-7-10-17-6-3;/h4H,1,5-12H2,2-3H3,(H2,14,15,16);1H. The minimum Gasteiger partial charge on any atom is -0.382 e. The molecule has 0 aliphatic rings. The highest BCUT2D eigenvalue weighted by Crippen LogP contribution is 1.96. The van der Waals surface area contributed by atoms with E-state index in [1.807, 2.05) is 24.8 Å². The molecule has 19 heavy (non-hydrogen) atoms. The molecule has 0 aliphatic heterocycles. The van der Waals surface area contributed by atoms with Gasteiger partial charge in [0.15, 0.2) is 5.96 Å². The Balaban J connectivity index is 0. The summed E-state index contributed by atoms with van der Waals surface area (Å²) in [4.78, 5) is 4.49. The highest BCUT2D eigenvalue weighted by Gasteiger charge is 1.95. The summed E-state index contributed by atoms with van der Waals surface area (Å²) in [7, 11) is 0. The molecule has 0 heterocycles. The van der Waals surface area contributed by atoms with Crippen molar-refractivity contribution in [3.8, 4) is 0 Å². The van der Waals surface area contributed by atoms with Crippen LogP contribution in [0.1, 0.15) is 20.3 Å². The third kappa shape index (κ3) is 16.0. The quantitative estimate of drug-likeness (QED) is 0.184. The lowest BCUT2D eigenvalue weighted by molar-refractivity contribution is 0.146. The molecule has 114 valence electrons. The van der Waals surface area contributed by atoms with Crippen LogP contribution in [0.25, 0.3) is 0 Å². The molecule has 0 radical (unpaired) electrons. The van der Waals surface area contributed by atoms with E-state index in [2.05, 4.69) is 29.1 Å². The second-order valence-electron chi connectivity index (χ2n) is 3.60. The van der Waals surface area contributed by atoms with Gasteiger partial charge in [-0.05, 0) is 20.3 Å². The molecular weight excluding hydrogens is 373 g/mol. The molecule has 0 bridgehead atoms. The van der Waals surface area contributed by atoms with Gasteiger partial charge in [-0.15, -0.1) is 30.6 Å². The van der Waals surface area contributed by atoms with Crippen LogP contribution in [-0.4, -0.2) is 50.3 Å². The van der Waals surface area contributed by atoms with Crippen LogP contribution in [0.3, 0.4) is 0 Å². The first kappa shape index (κ1) is 21.4. The van der Waals surface area contributed by atoms with E-state index in [1.54, 1.807) is 0 Å². The first-order valence-corrected chi connectivity index (χ1v) is 7.79. The van der Waals surface area contributed by atoms with Gasteiger partial charge in [-0.1, -0.05) is 6.08 Å². The van der Waals surface area contributed by atoms with Crippen LogP contribution in [0.5, 0.6) is 0 Å². The molecule has 0 saturated heterocycles. The highest BCUT2D eigenvalue weighted by atomic mass is 127. The van der Waals surface area contributed by atoms with E-state index >= 15 is 0 Å². The monoisotopic (exact) mass is 401 g/mol. The Morgan fingerprint density at radius 2 is 2.16 bits per heavy atom. The van der Waals surface area contributed by atoms with Crippen molar-refractivity contribution in [2.24, 2.45) is 4.99 Å². The predicted molar refractivity (Wildman–Crippen MR) is 98.0 cm³/mol. The van der Waals surface area contributed by atoms with Crippen molar-refractivity contribution in [2.75, 3.05) is 44.4 Å². The number of thioether (sulfide) groups is 1. The van der Waals surface area contributed by atoms with Crippen molar-refractivity contribution >= 4 is 41.7 Å². The molecule has 0 rings (SSSR count). The summed E-state index contributed by atoms with van der Waals surface area (Å²) in [5.41, 5.74) is 0. The number of nitrogens with one attached hydrogen (secondary N) is 2. The van der Waals surface area contributed by atoms with Gasteiger partial charge in [0, 0.05) is 44.4 Å². The lowest BCUT2D eigenvalue weighted by Gasteiger charge is -2.10. The maximum Gasteiger partial charge on any atom is 0.191 e. The third-order valence-corrected chi connectivity index (χ3v) is 3.00. The molecule has 6 heteroatoms. The molecule has 0 aromatic carbocycles. The molecule has 0 saturated carbocycles. The van der Waals surface area contributed by atoms with Gasteiger partial charge >= 0.3 is 0 Å². The third-order valence-electron chi connectivity index (χ3n) is 2.04. The van der Waals surface area contributed by atoms with E-state index < -0.39 is 0 Å². The fraction of sp³-hybridized carbons (Fsp3) is 0.769. The Hall–Kier alpha value is 0.0500. The number of ether oxygens (including phenoxy) is 1. The second-order valence-corrected chi connectivity index (χ2v) is 4.75. The van der Waals surface area contributed by atoms with Crippen LogP contribution in [0.15, 0.2) is 17.6 Å². The van der Waals surface area contributed by atoms with Gasteiger partial charge in [0.05, 0.1) is 0 Å². The lowest BCUT2D eigenvalue weighted by atomic mass is 10.4. The molecule has 0 amide bonds. The summed E-state index contributed by atoms with van der Waals surface area (Å²) in [5, 5.41) is 6.55. The van der Waals surface area contributed by atoms with E-state index in [0.717, 1.165) is 56.7 Å². The molecule has 0 aromatic heterocycles. The van der Waals surface area contributed by atoms with Crippen molar-refractivity contribution in [2.45, 2.75) is 20.3 Å². The van der Waals surface area contributed by atoms with E-state index in [-0.39, 0.29) is 24.0 Å². The van der Waals surface area contributed by atoms with Gasteiger partial charge in [-0.2, -0.15) is 11.8 Å². The summed E-state index contributed by atoms with van der Waals surface area (Å²) in [6, 6.07) is 0. The van der Waals surface area contributed by atoms with E-state index in [9.17, 15) is 0 Å². The summed E-state index contributed by atoms with van der Waals surface area (Å²) in [6.45, 7) is 12.0. The number of aliphatic imine (C=N–C) groups is 1. The molecular formula is C13H28IN3OS. The molecule has 0 unspecified atom stereocenters. The number of hydrogen-bond donors (Lipinski definition) is 2. The van der Waals surface area contributed by atoms with Crippen LogP contribution in [0.2, 0.25) is 0 Å². The average Bonchev–Trinajstić information content (AvgIpc) is 2.38. The van der Waals surface area contributed by atoms with Gasteiger partial charge < -0.3 is 15.4 Å². The summed E-state index contributed by atoms with van der Waals surface area (Å²) in [5.74, 6) is 2.97. The van der Waals surface area contributed by atoms with Crippen LogP contribution >= 0.6 is 35.7 Å². The number of hydrogen-bond acceptors (Lipinski definition) is 3. The van der Waals surface area contributed by atoms with Crippen LogP contribution in [0.4, 0.5) is 0 Å².